The topological polar surface area (TPSA) is 103 Å². The summed E-state index contributed by atoms with van der Waals surface area (Å²) in [5.41, 5.74) is 3.51. The number of carbonyl (C=O) groups is 2. The van der Waals surface area contributed by atoms with E-state index < -0.39 is 6.03 Å². The Morgan fingerprint density at radius 1 is 1.08 bits per heavy atom. The van der Waals surface area contributed by atoms with E-state index in [1.165, 1.54) is 4.90 Å². The number of amides is 3. The van der Waals surface area contributed by atoms with Gasteiger partial charge in [-0.25, -0.2) is 9.48 Å². The van der Waals surface area contributed by atoms with Crippen molar-refractivity contribution in [3.05, 3.63) is 71.4 Å². The molecule has 1 heterocycles. The predicted molar refractivity (Wildman–Crippen MR) is 147 cm³/mol. The van der Waals surface area contributed by atoms with Crippen molar-refractivity contribution in [3.63, 3.8) is 0 Å². The van der Waals surface area contributed by atoms with Crippen molar-refractivity contribution in [1.82, 2.24) is 14.7 Å². The Hall–Kier alpha value is -4.12. The van der Waals surface area contributed by atoms with E-state index in [4.69, 9.17) is 10.4 Å². The van der Waals surface area contributed by atoms with E-state index in [1.54, 1.807) is 28.9 Å². The minimum atomic E-state index is -0.395. The summed E-state index contributed by atoms with van der Waals surface area (Å²) in [6.07, 6.45) is 0.744. The standard InChI is InChI=1S/C29H36N6O2/c1-20(2)13-14-34(28(37)31-23-11-8-10-22(16-23)18-30)19-27(36)32-26-17-25(29(4,5)6)33-35(26)24-12-7-9-21(3)15-24/h7-12,15-17,20H,13-14,19H2,1-6H3,(H,31,37)(H,32,36). The lowest BCUT2D eigenvalue weighted by atomic mass is 9.92. The second kappa shape index (κ2) is 11.7. The van der Waals surface area contributed by atoms with Gasteiger partial charge in [-0.2, -0.15) is 10.4 Å². The van der Waals surface area contributed by atoms with Gasteiger partial charge in [0.1, 0.15) is 12.4 Å². The average molecular weight is 501 g/mol. The van der Waals surface area contributed by atoms with Gasteiger partial charge in [-0.15, -0.1) is 0 Å². The van der Waals surface area contributed by atoms with E-state index in [9.17, 15) is 9.59 Å². The third-order valence-corrected chi connectivity index (χ3v) is 5.83. The van der Waals surface area contributed by atoms with Crippen LogP contribution in [0, 0.1) is 24.2 Å². The van der Waals surface area contributed by atoms with Gasteiger partial charge in [0.05, 0.1) is 23.0 Å². The predicted octanol–water partition coefficient (Wildman–Crippen LogP) is 5.87. The molecule has 194 valence electrons. The first-order valence-corrected chi connectivity index (χ1v) is 12.5. The largest absolute Gasteiger partial charge is 0.322 e. The fourth-order valence-corrected chi connectivity index (χ4v) is 3.68. The molecule has 0 spiro atoms. The summed E-state index contributed by atoms with van der Waals surface area (Å²) >= 11 is 0. The fourth-order valence-electron chi connectivity index (χ4n) is 3.68. The monoisotopic (exact) mass is 500 g/mol. The molecule has 0 aliphatic rings. The molecule has 8 heteroatoms. The molecule has 0 saturated heterocycles. The van der Waals surface area contributed by atoms with Gasteiger partial charge >= 0.3 is 6.03 Å². The molecule has 2 N–H and O–H groups in total. The van der Waals surface area contributed by atoms with Crippen LogP contribution in [-0.2, 0) is 10.2 Å². The van der Waals surface area contributed by atoms with Crippen molar-refractivity contribution < 1.29 is 9.59 Å². The highest BCUT2D eigenvalue weighted by molar-refractivity contribution is 5.96. The molecule has 3 amide bonds. The van der Waals surface area contributed by atoms with Gasteiger partial charge in [0.2, 0.25) is 5.91 Å². The molecule has 2 aromatic carbocycles. The van der Waals surface area contributed by atoms with Crippen LogP contribution >= 0.6 is 0 Å². The molecule has 37 heavy (non-hydrogen) atoms. The van der Waals surface area contributed by atoms with Crippen molar-refractivity contribution in [1.29, 1.82) is 5.26 Å². The molecule has 8 nitrogen and oxygen atoms in total. The van der Waals surface area contributed by atoms with E-state index in [0.717, 1.165) is 23.4 Å². The lowest BCUT2D eigenvalue weighted by molar-refractivity contribution is -0.116. The second-order valence-electron chi connectivity index (χ2n) is 10.7. The van der Waals surface area contributed by atoms with Crippen molar-refractivity contribution in [2.24, 2.45) is 5.92 Å². The summed E-state index contributed by atoms with van der Waals surface area (Å²) in [4.78, 5) is 27.8. The Morgan fingerprint density at radius 2 is 1.81 bits per heavy atom. The zero-order valence-corrected chi connectivity index (χ0v) is 22.5. The van der Waals surface area contributed by atoms with Gasteiger partial charge in [-0.1, -0.05) is 52.8 Å². The summed E-state index contributed by atoms with van der Waals surface area (Å²) in [6.45, 7) is 12.7. The van der Waals surface area contributed by atoms with Crippen LogP contribution in [0.15, 0.2) is 54.6 Å². The Balaban J connectivity index is 1.82. The number of rotatable bonds is 8. The number of nitrogens with one attached hydrogen (secondary N) is 2. The molecule has 1 aromatic heterocycles. The fraction of sp³-hybridized carbons (Fsp3) is 0.379. The number of benzene rings is 2. The number of hydrogen-bond donors (Lipinski definition) is 2. The molecule has 3 aromatic rings. The van der Waals surface area contributed by atoms with Crippen LogP contribution in [0.2, 0.25) is 0 Å². The normalized spacial score (nSPS) is 11.2. The molecule has 0 radical (unpaired) electrons. The van der Waals surface area contributed by atoms with Crippen LogP contribution in [0.5, 0.6) is 0 Å². The Bertz CT molecular complexity index is 1300. The van der Waals surface area contributed by atoms with E-state index >= 15 is 0 Å². The number of aromatic nitrogens is 2. The van der Waals surface area contributed by atoms with Gasteiger partial charge in [-0.3, -0.25) is 4.79 Å². The molecule has 0 atom stereocenters. The van der Waals surface area contributed by atoms with Crippen molar-refractivity contribution >= 4 is 23.4 Å². The van der Waals surface area contributed by atoms with Crippen LogP contribution in [0.3, 0.4) is 0 Å². The molecular formula is C29H36N6O2. The van der Waals surface area contributed by atoms with Gasteiger partial charge in [0, 0.05) is 23.7 Å². The molecule has 0 aliphatic carbocycles. The maximum absolute atomic E-state index is 13.2. The third kappa shape index (κ3) is 7.68. The lowest BCUT2D eigenvalue weighted by Crippen LogP contribution is -2.41. The molecule has 0 unspecified atom stereocenters. The van der Waals surface area contributed by atoms with E-state index in [-0.39, 0.29) is 17.9 Å². The molecule has 3 rings (SSSR count). The number of carbonyl (C=O) groups excluding carboxylic acids is 2. The number of nitrogens with zero attached hydrogens (tertiary/aromatic N) is 4. The van der Waals surface area contributed by atoms with Crippen molar-refractivity contribution in [2.75, 3.05) is 23.7 Å². The average Bonchev–Trinajstić information content (AvgIpc) is 3.26. The summed E-state index contributed by atoms with van der Waals surface area (Å²) in [6, 6.07) is 18.2. The first-order valence-electron chi connectivity index (χ1n) is 12.5. The minimum absolute atomic E-state index is 0.125. The summed E-state index contributed by atoms with van der Waals surface area (Å²) in [5, 5.41) is 19.7. The number of nitriles is 1. The Labute approximate surface area is 219 Å². The van der Waals surface area contributed by atoms with Crippen LogP contribution < -0.4 is 10.6 Å². The number of hydrogen-bond acceptors (Lipinski definition) is 4. The highest BCUT2D eigenvalue weighted by Gasteiger charge is 2.23. The maximum atomic E-state index is 13.2. The molecule has 0 aliphatic heterocycles. The Morgan fingerprint density at radius 3 is 2.46 bits per heavy atom. The van der Waals surface area contributed by atoms with Gasteiger partial charge in [0.15, 0.2) is 0 Å². The number of anilines is 2. The second-order valence-corrected chi connectivity index (χ2v) is 10.7. The van der Waals surface area contributed by atoms with Crippen LogP contribution in [-0.4, -0.2) is 39.7 Å². The van der Waals surface area contributed by atoms with Crippen LogP contribution in [0.4, 0.5) is 16.3 Å². The Kier molecular flexibility index (Phi) is 8.72. The molecule has 0 fully saturated rings. The maximum Gasteiger partial charge on any atom is 0.322 e. The summed E-state index contributed by atoms with van der Waals surface area (Å²) < 4.78 is 1.73. The SMILES string of the molecule is Cc1cccc(-n2nc(C(C)(C)C)cc2NC(=O)CN(CCC(C)C)C(=O)Nc2cccc(C#N)c2)c1. The quantitative estimate of drug-likeness (QED) is 0.404. The molecular weight excluding hydrogens is 464 g/mol. The first kappa shape index (κ1) is 27.5. The van der Waals surface area contributed by atoms with E-state index in [0.29, 0.717) is 29.5 Å². The smallest absolute Gasteiger partial charge is 0.315 e. The lowest BCUT2D eigenvalue weighted by Gasteiger charge is -2.23. The highest BCUT2D eigenvalue weighted by Crippen LogP contribution is 2.26. The summed E-state index contributed by atoms with van der Waals surface area (Å²) in [5.74, 6) is 0.586. The number of aryl methyl sites for hydroxylation is 1. The molecule has 0 saturated carbocycles. The van der Waals surface area contributed by atoms with Gasteiger partial charge in [-0.05, 0) is 55.2 Å². The zero-order chi connectivity index (χ0) is 27.2. The zero-order valence-electron chi connectivity index (χ0n) is 22.5. The number of urea groups is 1. The van der Waals surface area contributed by atoms with E-state index in [1.807, 2.05) is 37.3 Å². The van der Waals surface area contributed by atoms with Crippen LogP contribution in [0.1, 0.15) is 57.9 Å². The van der Waals surface area contributed by atoms with Crippen molar-refractivity contribution in [3.8, 4) is 11.8 Å². The van der Waals surface area contributed by atoms with E-state index in [2.05, 4.69) is 51.3 Å². The van der Waals surface area contributed by atoms with Crippen LogP contribution in [0.25, 0.3) is 5.69 Å². The molecule has 0 bridgehead atoms. The van der Waals surface area contributed by atoms with Gasteiger partial charge < -0.3 is 15.5 Å². The highest BCUT2D eigenvalue weighted by atomic mass is 16.2. The minimum Gasteiger partial charge on any atom is -0.315 e. The third-order valence-electron chi connectivity index (χ3n) is 5.83. The summed E-state index contributed by atoms with van der Waals surface area (Å²) in [7, 11) is 0. The first-order chi connectivity index (χ1) is 17.5. The van der Waals surface area contributed by atoms with Gasteiger partial charge in [0.25, 0.3) is 0 Å². The van der Waals surface area contributed by atoms with Crippen molar-refractivity contribution in [2.45, 2.75) is 53.4 Å².